The standard InChI is InChI=1S/C22H23NO4/c24-21(25)19(12-14-6-2-1-3-7-14)27-22(26)23-20-17-10-4-8-15(17)13-16-9-5-11-18(16)20/h1-3,6-7,13,19H,4-5,8-12H2,(H,23,26)(H,24,25). The summed E-state index contributed by atoms with van der Waals surface area (Å²) in [5, 5.41) is 12.3. The molecule has 1 amide bonds. The number of ether oxygens (including phenoxy) is 1. The lowest BCUT2D eigenvalue weighted by Crippen LogP contribution is -2.31. The van der Waals surface area contributed by atoms with Crippen LogP contribution in [0.4, 0.5) is 10.5 Å². The zero-order valence-corrected chi connectivity index (χ0v) is 15.2. The Balaban J connectivity index is 1.52. The number of aliphatic carboxylic acids is 1. The first-order chi connectivity index (χ1) is 13.1. The van der Waals surface area contributed by atoms with Gasteiger partial charge in [0, 0.05) is 6.42 Å². The Morgan fingerprint density at radius 2 is 1.63 bits per heavy atom. The number of carboxylic acid groups (broad SMARTS) is 1. The highest BCUT2D eigenvalue weighted by molar-refractivity contribution is 5.90. The average molecular weight is 365 g/mol. The monoisotopic (exact) mass is 365 g/mol. The summed E-state index contributed by atoms with van der Waals surface area (Å²) in [5.74, 6) is -1.14. The van der Waals surface area contributed by atoms with E-state index in [-0.39, 0.29) is 6.42 Å². The minimum absolute atomic E-state index is 0.147. The highest BCUT2D eigenvalue weighted by Gasteiger charge is 2.27. The molecule has 1 atom stereocenters. The van der Waals surface area contributed by atoms with E-state index in [1.165, 1.54) is 22.3 Å². The first kappa shape index (κ1) is 17.6. The number of hydrogen-bond acceptors (Lipinski definition) is 3. The lowest BCUT2D eigenvalue weighted by molar-refractivity contribution is -0.146. The summed E-state index contributed by atoms with van der Waals surface area (Å²) in [5.41, 5.74) is 6.70. The van der Waals surface area contributed by atoms with E-state index in [2.05, 4.69) is 11.4 Å². The van der Waals surface area contributed by atoms with E-state index in [4.69, 9.17) is 4.74 Å². The van der Waals surface area contributed by atoms with Crippen molar-refractivity contribution in [2.75, 3.05) is 5.32 Å². The molecule has 0 saturated carbocycles. The van der Waals surface area contributed by atoms with Crippen molar-refractivity contribution in [2.24, 2.45) is 0 Å². The summed E-state index contributed by atoms with van der Waals surface area (Å²) in [7, 11) is 0. The quantitative estimate of drug-likeness (QED) is 0.842. The normalized spacial score (nSPS) is 15.7. The third-order valence-electron chi connectivity index (χ3n) is 5.49. The predicted molar refractivity (Wildman–Crippen MR) is 102 cm³/mol. The SMILES string of the molecule is O=C(Nc1c2c(cc3c1CCC3)CCC2)OC(Cc1ccccc1)C(=O)O. The van der Waals surface area contributed by atoms with Gasteiger partial charge in [0.2, 0.25) is 6.10 Å². The summed E-state index contributed by atoms with van der Waals surface area (Å²) in [4.78, 5) is 24.1. The van der Waals surface area contributed by atoms with Crippen molar-refractivity contribution in [1.29, 1.82) is 0 Å². The van der Waals surface area contributed by atoms with Gasteiger partial charge in [0.25, 0.3) is 0 Å². The van der Waals surface area contributed by atoms with Crippen LogP contribution in [-0.4, -0.2) is 23.3 Å². The van der Waals surface area contributed by atoms with Gasteiger partial charge in [-0.1, -0.05) is 36.4 Å². The van der Waals surface area contributed by atoms with Crippen molar-refractivity contribution in [1.82, 2.24) is 0 Å². The molecule has 4 rings (SSSR count). The van der Waals surface area contributed by atoms with Gasteiger partial charge < -0.3 is 9.84 Å². The third kappa shape index (κ3) is 3.68. The molecule has 0 bridgehead atoms. The maximum atomic E-state index is 12.5. The van der Waals surface area contributed by atoms with Crippen LogP contribution in [0.25, 0.3) is 0 Å². The third-order valence-corrected chi connectivity index (χ3v) is 5.49. The maximum Gasteiger partial charge on any atom is 0.412 e. The first-order valence-corrected chi connectivity index (χ1v) is 9.52. The van der Waals surface area contributed by atoms with Gasteiger partial charge in [0.1, 0.15) is 0 Å². The van der Waals surface area contributed by atoms with Gasteiger partial charge in [-0.05, 0) is 66.3 Å². The zero-order chi connectivity index (χ0) is 18.8. The Morgan fingerprint density at radius 3 is 2.22 bits per heavy atom. The van der Waals surface area contributed by atoms with Crippen molar-refractivity contribution in [3.05, 3.63) is 64.2 Å². The van der Waals surface area contributed by atoms with Crippen LogP contribution in [-0.2, 0) is 41.6 Å². The maximum absolute atomic E-state index is 12.5. The molecule has 0 fully saturated rings. The van der Waals surface area contributed by atoms with Gasteiger partial charge in [-0.3, -0.25) is 5.32 Å². The van der Waals surface area contributed by atoms with Gasteiger partial charge in [-0.15, -0.1) is 0 Å². The molecule has 27 heavy (non-hydrogen) atoms. The lowest BCUT2D eigenvalue weighted by atomic mass is 9.99. The Kier molecular flexibility index (Phi) is 4.84. The topological polar surface area (TPSA) is 75.6 Å². The summed E-state index contributed by atoms with van der Waals surface area (Å²) in [6.45, 7) is 0. The molecule has 140 valence electrons. The molecular weight excluding hydrogens is 342 g/mol. The van der Waals surface area contributed by atoms with Gasteiger partial charge in [-0.2, -0.15) is 0 Å². The number of nitrogens with one attached hydrogen (secondary N) is 1. The zero-order valence-electron chi connectivity index (χ0n) is 15.2. The van der Waals surface area contributed by atoms with Crippen molar-refractivity contribution in [3.63, 3.8) is 0 Å². The number of amides is 1. The Bertz CT molecular complexity index is 843. The Labute approximate surface area is 158 Å². The molecule has 2 aliphatic rings. The number of rotatable bonds is 5. The van der Waals surface area contributed by atoms with Crippen LogP contribution < -0.4 is 5.32 Å². The number of aryl methyl sites for hydroxylation is 2. The molecule has 0 radical (unpaired) electrons. The second-order valence-corrected chi connectivity index (χ2v) is 7.28. The number of benzene rings is 2. The number of carboxylic acids is 1. The molecule has 0 heterocycles. The van der Waals surface area contributed by atoms with E-state index in [9.17, 15) is 14.7 Å². The molecular formula is C22H23NO4. The van der Waals surface area contributed by atoms with Crippen LogP contribution in [0.1, 0.15) is 40.7 Å². The molecule has 5 heteroatoms. The van der Waals surface area contributed by atoms with E-state index in [0.717, 1.165) is 49.8 Å². The van der Waals surface area contributed by atoms with Gasteiger partial charge in [0.15, 0.2) is 0 Å². The summed E-state index contributed by atoms with van der Waals surface area (Å²) >= 11 is 0. The minimum Gasteiger partial charge on any atom is -0.478 e. The molecule has 0 aliphatic heterocycles. The molecule has 2 aromatic carbocycles. The largest absolute Gasteiger partial charge is 0.478 e. The highest BCUT2D eigenvalue weighted by Crippen LogP contribution is 2.38. The van der Waals surface area contributed by atoms with Gasteiger partial charge >= 0.3 is 12.1 Å². The Hall–Kier alpha value is -2.82. The number of carbonyl (C=O) groups excluding carboxylic acids is 1. The molecule has 0 saturated heterocycles. The first-order valence-electron chi connectivity index (χ1n) is 9.52. The number of fused-ring (bicyclic) bond motifs is 2. The van der Waals surface area contributed by atoms with Gasteiger partial charge in [0.05, 0.1) is 5.69 Å². The fourth-order valence-electron chi connectivity index (χ4n) is 4.24. The van der Waals surface area contributed by atoms with Crippen molar-refractivity contribution < 1.29 is 19.4 Å². The number of anilines is 1. The molecule has 2 aliphatic carbocycles. The second kappa shape index (κ2) is 7.43. The summed E-state index contributed by atoms with van der Waals surface area (Å²) in [6.07, 6.45) is 4.41. The Morgan fingerprint density at radius 1 is 1.00 bits per heavy atom. The van der Waals surface area contributed by atoms with Crippen LogP contribution >= 0.6 is 0 Å². The lowest BCUT2D eigenvalue weighted by Gasteiger charge is -2.18. The molecule has 2 aromatic rings. The van der Waals surface area contributed by atoms with Crippen LogP contribution in [0.5, 0.6) is 0 Å². The van der Waals surface area contributed by atoms with Gasteiger partial charge in [-0.25, -0.2) is 9.59 Å². The van der Waals surface area contributed by atoms with Crippen LogP contribution in [0.15, 0.2) is 36.4 Å². The van der Waals surface area contributed by atoms with Crippen molar-refractivity contribution in [2.45, 2.75) is 51.0 Å². The highest BCUT2D eigenvalue weighted by atomic mass is 16.6. The van der Waals surface area contributed by atoms with E-state index in [1.807, 2.05) is 30.3 Å². The van der Waals surface area contributed by atoms with E-state index < -0.39 is 18.2 Å². The van der Waals surface area contributed by atoms with Crippen molar-refractivity contribution in [3.8, 4) is 0 Å². The van der Waals surface area contributed by atoms with E-state index >= 15 is 0 Å². The van der Waals surface area contributed by atoms with Crippen molar-refractivity contribution >= 4 is 17.7 Å². The smallest absolute Gasteiger partial charge is 0.412 e. The molecule has 5 nitrogen and oxygen atoms in total. The van der Waals surface area contributed by atoms with Crippen LogP contribution in [0.3, 0.4) is 0 Å². The predicted octanol–water partition coefficient (Wildman–Crippen LogP) is 3.91. The second-order valence-electron chi connectivity index (χ2n) is 7.28. The minimum atomic E-state index is -1.21. The number of hydrogen-bond donors (Lipinski definition) is 2. The molecule has 1 unspecified atom stereocenters. The van der Waals surface area contributed by atoms with Crippen LogP contribution in [0.2, 0.25) is 0 Å². The van der Waals surface area contributed by atoms with E-state index in [1.54, 1.807) is 0 Å². The molecule has 0 spiro atoms. The fourth-order valence-corrected chi connectivity index (χ4v) is 4.24. The van der Waals surface area contributed by atoms with Crippen LogP contribution in [0, 0.1) is 0 Å². The van der Waals surface area contributed by atoms with E-state index in [0.29, 0.717) is 0 Å². The number of carbonyl (C=O) groups is 2. The molecule has 2 N–H and O–H groups in total. The molecule has 0 aromatic heterocycles. The average Bonchev–Trinajstić information content (AvgIpc) is 3.31. The summed E-state index contributed by atoms with van der Waals surface area (Å²) in [6, 6.07) is 11.5. The fraction of sp³-hybridized carbons (Fsp3) is 0.364. The summed E-state index contributed by atoms with van der Waals surface area (Å²) < 4.78 is 5.29.